The van der Waals surface area contributed by atoms with E-state index in [1.165, 1.54) is 0 Å². The number of aliphatic hydroxyl groups is 1. The molecule has 6 heteroatoms. The molecular weight excluding hydrogens is 268 g/mol. The maximum atomic E-state index is 12.1. The van der Waals surface area contributed by atoms with Crippen LogP contribution in [0.2, 0.25) is 0 Å². The van der Waals surface area contributed by atoms with E-state index in [-0.39, 0.29) is 12.3 Å². The zero-order valence-corrected chi connectivity index (χ0v) is 12.1. The van der Waals surface area contributed by atoms with Gasteiger partial charge in [-0.1, -0.05) is 19.3 Å². The van der Waals surface area contributed by atoms with Crippen LogP contribution in [0.15, 0.2) is 12.3 Å². The van der Waals surface area contributed by atoms with Gasteiger partial charge in [0.15, 0.2) is 5.65 Å². The van der Waals surface area contributed by atoms with Gasteiger partial charge in [-0.2, -0.15) is 5.10 Å². The number of aromatic nitrogens is 3. The Morgan fingerprint density at radius 1 is 1.43 bits per heavy atom. The first-order chi connectivity index (χ1) is 10.1. The molecule has 0 atom stereocenters. The molecule has 1 saturated carbocycles. The Bertz CT molecular complexity index is 659. The van der Waals surface area contributed by atoms with E-state index in [9.17, 15) is 9.90 Å². The third kappa shape index (κ3) is 3.05. The summed E-state index contributed by atoms with van der Waals surface area (Å²) >= 11 is 0. The van der Waals surface area contributed by atoms with E-state index in [0.717, 1.165) is 30.3 Å². The fraction of sp³-hybridized carbons (Fsp3) is 0.533. The number of carbonyl (C=O) groups excluding carboxylic acids is 1. The third-order valence-electron chi connectivity index (χ3n) is 4.16. The van der Waals surface area contributed by atoms with Gasteiger partial charge in [0.2, 0.25) is 5.91 Å². The van der Waals surface area contributed by atoms with Crippen LogP contribution in [0.25, 0.3) is 11.0 Å². The van der Waals surface area contributed by atoms with Crippen molar-refractivity contribution in [1.82, 2.24) is 15.2 Å². The number of H-pyrrole nitrogens is 1. The Hall–Kier alpha value is -1.95. The molecule has 0 radical (unpaired) electrons. The molecule has 0 saturated heterocycles. The highest BCUT2D eigenvalue weighted by Gasteiger charge is 2.31. The van der Waals surface area contributed by atoms with Crippen molar-refractivity contribution in [2.75, 3.05) is 5.32 Å². The average Bonchev–Trinajstić information content (AvgIpc) is 2.80. The molecule has 2 aromatic rings. The Balaban J connectivity index is 1.69. The van der Waals surface area contributed by atoms with Gasteiger partial charge in [0.25, 0.3) is 0 Å². The van der Waals surface area contributed by atoms with Crippen LogP contribution < -0.4 is 5.32 Å². The van der Waals surface area contributed by atoms with Crippen LogP contribution in [0.5, 0.6) is 0 Å². The van der Waals surface area contributed by atoms with Gasteiger partial charge in [-0.15, -0.1) is 0 Å². The molecule has 1 amide bonds. The van der Waals surface area contributed by atoms with Crippen LogP contribution in [0.4, 0.5) is 5.69 Å². The Labute approximate surface area is 123 Å². The van der Waals surface area contributed by atoms with Crippen LogP contribution in [-0.2, 0) is 4.79 Å². The van der Waals surface area contributed by atoms with Gasteiger partial charge >= 0.3 is 0 Å². The lowest BCUT2D eigenvalue weighted by atomic mass is 9.82. The molecule has 1 aliphatic carbocycles. The second-order valence-electron chi connectivity index (χ2n) is 5.95. The van der Waals surface area contributed by atoms with Gasteiger partial charge in [0.05, 0.1) is 23.9 Å². The van der Waals surface area contributed by atoms with Crippen LogP contribution >= 0.6 is 0 Å². The fourth-order valence-corrected chi connectivity index (χ4v) is 2.98. The molecule has 1 fully saturated rings. The van der Waals surface area contributed by atoms with E-state index in [2.05, 4.69) is 20.5 Å². The molecule has 0 unspecified atom stereocenters. The summed E-state index contributed by atoms with van der Waals surface area (Å²) in [6.45, 7) is 1.91. The van der Waals surface area contributed by atoms with Crippen LogP contribution in [0.1, 0.15) is 44.2 Å². The molecule has 6 nitrogen and oxygen atoms in total. The number of carbonyl (C=O) groups is 1. The van der Waals surface area contributed by atoms with Gasteiger partial charge in [-0.05, 0) is 25.8 Å². The lowest BCUT2D eigenvalue weighted by molar-refractivity contribution is -0.122. The largest absolute Gasteiger partial charge is 0.389 e. The molecule has 1 aliphatic rings. The average molecular weight is 288 g/mol. The van der Waals surface area contributed by atoms with Crippen molar-refractivity contribution in [3.05, 3.63) is 18.0 Å². The van der Waals surface area contributed by atoms with E-state index in [1.807, 2.05) is 13.0 Å². The third-order valence-corrected chi connectivity index (χ3v) is 4.16. The number of amides is 1. The van der Waals surface area contributed by atoms with Crippen molar-refractivity contribution < 1.29 is 9.90 Å². The highest BCUT2D eigenvalue weighted by atomic mass is 16.3. The number of hydrogen-bond donors (Lipinski definition) is 3. The lowest BCUT2D eigenvalue weighted by Gasteiger charge is -2.31. The van der Waals surface area contributed by atoms with Crippen LogP contribution in [0.3, 0.4) is 0 Å². The van der Waals surface area contributed by atoms with Crippen LogP contribution in [-0.4, -0.2) is 31.8 Å². The van der Waals surface area contributed by atoms with Gasteiger partial charge in [0, 0.05) is 11.1 Å². The number of nitrogens with zero attached hydrogens (tertiary/aromatic N) is 2. The van der Waals surface area contributed by atoms with Crippen molar-refractivity contribution in [1.29, 1.82) is 0 Å². The van der Waals surface area contributed by atoms with E-state index >= 15 is 0 Å². The lowest BCUT2D eigenvalue weighted by Crippen LogP contribution is -2.35. The van der Waals surface area contributed by atoms with E-state index < -0.39 is 5.60 Å². The normalized spacial score (nSPS) is 17.8. The van der Waals surface area contributed by atoms with Crippen molar-refractivity contribution in [3.8, 4) is 0 Å². The number of aryl methyl sites for hydroxylation is 1. The minimum absolute atomic E-state index is 0.148. The first-order valence-electron chi connectivity index (χ1n) is 7.39. The predicted molar refractivity (Wildman–Crippen MR) is 79.9 cm³/mol. The zero-order chi connectivity index (χ0) is 14.9. The number of hydrogen-bond acceptors (Lipinski definition) is 4. The minimum Gasteiger partial charge on any atom is -0.389 e. The summed E-state index contributed by atoms with van der Waals surface area (Å²) in [5, 5.41) is 21.0. The number of anilines is 1. The van der Waals surface area contributed by atoms with Gasteiger partial charge in [-0.25, -0.2) is 4.98 Å². The zero-order valence-electron chi connectivity index (χ0n) is 12.1. The fourth-order valence-electron chi connectivity index (χ4n) is 2.98. The summed E-state index contributed by atoms with van der Waals surface area (Å²) in [6.07, 6.45) is 6.28. The molecule has 0 aromatic carbocycles. The summed E-state index contributed by atoms with van der Waals surface area (Å²) in [4.78, 5) is 16.3. The number of rotatable bonds is 3. The second kappa shape index (κ2) is 5.44. The molecule has 0 spiro atoms. The SMILES string of the molecule is Cc1[nH]nc2ncc(NC(=O)CC3(O)CCCCC3)cc12. The molecule has 3 N–H and O–H groups in total. The van der Waals surface area contributed by atoms with E-state index in [0.29, 0.717) is 24.2 Å². The number of nitrogens with one attached hydrogen (secondary N) is 2. The van der Waals surface area contributed by atoms with Gasteiger partial charge in [0.1, 0.15) is 0 Å². The predicted octanol–water partition coefficient (Wildman–Crippen LogP) is 2.29. The molecular formula is C15H20N4O2. The molecule has 2 heterocycles. The molecule has 21 heavy (non-hydrogen) atoms. The smallest absolute Gasteiger partial charge is 0.227 e. The van der Waals surface area contributed by atoms with E-state index in [4.69, 9.17) is 0 Å². The van der Waals surface area contributed by atoms with Crippen molar-refractivity contribution in [2.45, 2.75) is 51.0 Å². The first kappa shape index (κ1) is 14.0. The quantitative estimate of drug-likeness (QED) is 0.808. The number of pyridine rings is 1. The van der Waals surface area contributed by atoms with E-state index in [1.54, 1.807) is 6.20 Å². The molecule has 112 valence electrons. The standard InChI is InChI=1S/C15H20N4O2/c1-10-12-7-11(9-16-14(12)19-18-10)17-13(20)8-15(21)5-3-2-4-6-15/h7,9,21H,2-6,8H2,1H3,(H,17,20)(H,16,18,19). The van der Waals surface area contributed by atoms with Crippen LogP contribution in [0, 0.1) is 6.92 Å². The molecule has 3 rings (SSSR count). The number of fused-ring (bicyclic) bond motifs is 1. The van der Waals surface area contributed by atoms with Crippen molar-refractivity contribution in [2.24, 2.45) is 0 Å². The Morgan fingerprint density at radius 2 is 2.19 bits per heavy atom. The molecule has 0 aliphatic heterocycles. The molecule has 0 bridgehead atoms. The highest BCUT2D eigenvalue weighted by Crippen LogP contribution is 2.31. The maximum absolute atomic E-state index is 12.1. The second-order valence-corrected chi connectivity index (χ2v) is 5.95. The Morgan fingerprint density at radius 3 is 2.95 bits per heavy atom. The topological polar surface area (TPSA) is 90.9 Å². The van der Waals surface area contributed by atoms with Crippen molar-refractivity contribution in [3.63, 3.8) is 0 Å². The summed E-state index contributed by atoms with van der Waals surface area (Å²) < 4.78 is 0. The summed E-state index contributed by atoms with van der Waals surface area (Å²) in [5.74, 6) is -0.165. The Kier molecular flexibility index (Phi) is 3.63. The monoisotopic (exact) mass is 288 g/mol. The minimum atomic E-state index is -0.842. The maximum Gasteiger partial charge on any atom is 0.227 e. The highest BCUT2D eigenvalue weighted by molar-refractivity contribution is 5.93. The number of aromatic amines is 1. The van der Waals surface area contributed by atoms with Gasteiger partial charge < -0.3 is 10.4 Å². The summed E-state index contributed by atoms with van der Waals surface area (Å²) in [7, 11) is 0. The molecule has 2 aromatic heterocycles. The first-order valence-corrected chi connectivity index (χ1v) is 7.39. The summed E-state index contributed by atoms with van der Waals surface area (Å²) in [5.41, 5.74) is 1.35. The summed E-state index contributed by atoms with van der Waals surface area (Å²) in [6, 6.07) is 1.85. The van der Waals surface area contributed by atoms with Gasteiger partial charge in [-0.3, -0.25) is 9.89 Å². The van der Waals surface area contributed by atoms with Crippen molar-refractivity contribution >= 4 is 22.6 Å².